The average molecular weight is 324 g/mol. The summed E-state index contributed by atoms with van der Waals surface area (Å²) in [6.45, 7) is 4.43. The molecule has 0 amide bonds. The van der Waals surface area contributed by atoms with Gasteiger partial charge in [0, 0.05) is 5.02 Å². The summed E-state index contributed by atoms with van der Waals surface area (Å²) in [6.07, 6.45) is 0. The summed E-state index contributed by atoms with van der Waals surface area (Å²) in [5.41, 5.74) is 0.712. The molecule has 0 aromatic heterocycles. The van der Waals surface area contributed by atoms with Crippen molar-refractivity contribution in [3.8, 4) is 0 Å². The van der Waals surface area contributed by atoms with E-state index in [2.05, 4.69) is 7.05 Å². The number of hydrogen-bond acceptors (Lipinski definition) is 2. The molecule has 106 valence electrons. The molecular formula is C12H17Cl2N2O2S+. The summed E-state index contributed by atoms with van der Waals surface area (Å²) in [7, 11) is -1.47. The van der Waals surface area contributed by atoms with Crippen LogP contribution in [-0.2, 0) is 10.0 Å². The summed E-state index contributed by atoms with van der Waals surface area (Å²) in [5.74, 6) is 0. The van der Waals surface area contributed by atoms with E-state index in [1.807, 2.05) is 0 Å². The first-order valence-corrected chi connectivity index (χ1v) is 8.29. The fraction of sp³-hybridized carbons (Fsp3) is 0.500. The number of quaternary nitrogens is 1. The molecule has 1 saturated heterocycles. The number of likely N-dealkylation sites (N-methyl/N-ethyl adjacent to an activating group) is 1. The lowest BCUT2D eigenvalue weighted by molar-refractivity contribution is -0.883. The van der Waals surface area contributed by atoms with Gasteiger partial charge in [-0.15, -0.1) is 0 Å². The van der Waals surface area contributed by atoms with Gasteiger partial charge in [-0.2, -0.15) is 4.31 Å². The first-order valence-electron chi connectivity index (χ1n) is 6.09. The zero-order chi connectivity index (χ0) is 14.2. The van der Waals surface area contributed by atoms with Crippen molar-refractivity contribution in [2.24, 2.45) is 0 Å². The van der Waals surface area contributed by atoms with Crippen LogP contribution in [0.25, 0.3) is 0 Å². The highest BCUT2D eigenvalue weighted by Crippen LogP contribution is 2.30. The Hall–Kier alpha value is -0.330. The topological polar surface area (TPSA) is 41.8 Å². The van der Waals surface area contributed by atoms with Gasteiger partial charge in [0.1, 0.15) is 4.90 Å². The smallest absolute Gasteiger partial charge is 0.244 e. The second kappa shape index (κ2) is 5.58. The molecule has 0 atom stereocenters. The molecule has 0 unspecified atom stereocenters. The van der Waals surface area contributed by atoms with Crippen molar-refractivity contribution in [2.75, 3.05) is 33.2 Å². The lowest BCUT2D eigenvalue weighted by atomic mass is 10.2. The monoisotopic (exact) mass is 323 g/mol. The minimum Gasteiger partial charge on any atom is -0.335 e. The number of halogens is 2. The van der Waals surface area contributed by atoms with Crippen molar-refractivity contribution in [3.63, 3.8) is 0 Å². The minimum absolute atomic E-state index is 0.149. The molecule has 1 N–H and O–H groups in total. The van der Waals surface area contributed by atoms with Gasteiger partial charge in [0.25, 0.3) is 0 Å². The molecule has 1 aliphatic rings. The van der Waals surface area contributed by atoms with Gasteiger partial charge in [0.05, 0.1) is 38.2 Å². The Balaban J connectivity index is 2.37. The lowest BCUT2D eigenvalue weighted by Gasteiger charge is -2.29. The Labute approximate surface area is 124 Å². The van der Waals surface area contributed by atoms with Crippen molar-refractivity contribution >= 4 is 33.2 Å². The Bertz CT molecular complexity index is 582. The molecule has 1 aliphatic heterocycles. The standard InChI is InChI=1S/C12H16Cl2N2O2S/c1-9-7-12(11(14)8-10(9)13)19(17,18)16-5-3-15(2)4-6-16/h7-8H,3-6H2,1-2H3/p+1. The highest BCUT2D eigenvalue weighted by molar-refractivity contribution is 7.89. The van der Waals surface area contributed by atoms with Crippen molar-refractivity contribution in [3.05, 3.63) is 27.7 Å². The molecule has 1 aromatic rings. The van der Waals surface area contributed by atoms with Gasteiger partial charge in [-0.05, 0) is 24.6 Å². The van der Waals surface area contributed by atoms with Crippen LogP contribution in [0, 0.1) is 6.92 Å². The predicted octanol–water partition coefficient (Wildman–Crippen LogP) is 0.821. The predicted molar refractivity (Wildman–Crippen MR) is 76.6 cm³/mol. The molecule has 0 saturated carbocycles. The maximum Gasteiger partial charge on any atom is 0.244 e. The van der Waals surface area contributed by atoms with Crippen LogP contribution < -0.4 is 4.90 Å². The van der Waals surface area contributed by atoms with Gasteiger partial charge >= 0.3 is 0 Å². The van der Waals surface area contributed by atoms with Crippen LogP contribution in [0.5, 0.6) is 0 Å². The molecule has 0 spiro atoms. The number of rotatable bonds is 2. The van der Waals surface area contributed by atoms with Crippen LogP contribution in [0.4, 0.5) is 0 Å². The molecule has 7 heteroatoms. The summed E-state index contributed by atoms with van der Waals surface area (Å²) in [4.78, 5) is 1.49. The van der Waals surface area contributed by atoms with Crippen LogP contribution in [0.3, 0.4) is 0 Å². The van der Waals surface area contributed by atoms with Gasteiger partial charge in [-0.1, -0.05) is 23.2 Å². The summed E-state index contributed by atoms with van der Waals surface area (Å²) in [5, 5.41) is 0.661. The van der Waals surface area contributed by atoms with E-state index in [0.717, 1.165) is 13.1 Å². The molecule has 0 radical (unpaired) electrons. The average Bonchev–Trinajstić information content (AvgIpc) is 2.34. The van der Waals surface area contributed by atoms with Gasteiger partial charge in [0.2, 0.25) is 10.0 Å². The van der Waals surface area contributed by atoms with Gasteiger partial charge in [-0.3, -0.25) is 0 Å². The summed E-state index contributed by atoms with van der Waals surface area (Å²) >= 11 is 12.0. The highest BCUT2D eigenvalue weighted by atomic mass is 35.5. The molecule has 0 aliphatic carbocycles. The fourth-order valence-corrected chi connectivity index (χ4v) is 4.32. The first-order chi connectivity index (χ1) is 8.82. The Morgan fingerprint density at radius 2 is 1.74 bits per heavy atom. The Morgan fingerprint density at radius 1 is 1.16 bits per heavy atom. The van der Waals surface area contributed by atoms with E-state index in [4.69, 9.17) is 23.2 Å². The van der Waals surface area contributed by atoms with Crippen molar-refractivity contribution in [1.82, 2.24) is 4.31 Å². The van der Waals surface area contributed by atoms with E-state index in [1.165, 1.54) is 15.3 Å². The molecule has 4 nitrogen and oxygen atoms in total. The Morgan fingerprint density at radius 3 is 2.32 bits per heavy atom. The molecular weight excluding hydrogens is 307 g/mol. The number of piperazine rings is 1. The largest absolute Gasteiger partial charge is 0.335 e. The number of benzene rings is 1. The van der Waals surface area contributed by atoms with E-state index in [-0.39, 0.29) is 9.92 Å². The summed E-state index contributed by atoms with van der Waals surface area (Å²) in [6, 6.07) is 3.04. The van der Waals surface area contributed by atoms with Crippen LogP contribution >= 0.6 is 23.2 Å². The van der Waals surface area contributed by atoms with Crippen LogP contribution in [-0.4, -0.2) is 45.9 Å². The van der Waals surface area contributed by atoms with Crippen molar-refractivity contribution < 1.29 is 13.3 Å². The third-order valence-corrected chi connectivity index (χ3v) is 6.18. The number of sulfonamides is 1. The van der Waals surface area contributed by atoms with E-state index in [0.29, 0.717) is 23.7 Å². The maximum absolute atomic E-state index is 12.6. The van der Waals surface area contributed by atoms with Gasteiger partial charge in [-0.25, -0.2) is 8.42 Å². The molecule has 1 aromatic carbocycles. The quantitative estimate of drug-likeness (QED) is 0.875. The Kier molecular flexibility index (Phi) is 4.42. The molecule has 1 fully saturated rings. The third-order valence-electron chi connectivity index (χ3n) is 3.41. The minimum atomic E-state index is -3.53. The zero-order valence-electron chi connectivity index (χ0n) is 10.9. The first kappa shape index (κ1) is 15.1. The zero-order valence-corrected chi connectivity index (χ0v) is 13.2. The van der Waals surface area contributed by atoms with E-state index in [1.54, 1.807) is 13.0 Å². The molecule has 2 rings (SSSR count). The normalized spacial score (nSPS) is 18.7. The number of hydrogen-bond donors (Lipinski definition) is 1. The SMILES string of the molecule is Cc1cc(S(=O)(=O)N2CC[NH+](C)CC2)c(Cl)cc1Cl. The second-order valence-corrected chi connectivity index (χ2v) is 7.61. The van der Waals surface area contributed by atoms with E-state index < -0.39 is 10.0 Å². The number of nitrogens with zero attached hydrogens (tertiary/aromatic N) is 1. The highest BCUT2D eigenvalue weighted by Gasteiger charge is 2.31. The number of nitrogens with one attached hydrogen (secondary N) is 1. The van der Waals surface area contributed by atoms with Gasteiger partial charge in [0.15, 0.2) is 0 Å². The number of aryl methyl sites for hydroxylation is 1. The van der Waals surface area contributed by atoms with Gasteiger partial charge < -0.3 is 4.90 Å². The van der Waals surface area contributed by atoms with E-state index in [9.17, 15) is 8.42 Å². The van der Waals surface area contributed by atoms with Crippen LogP contribution in [0.1, 0.15) is 5.56 Å². The second-order valence-electron chi connectivity index (χ2n) is 4.89. The lowest BCUT2D eigenvalue weighted by Crippen LogP contribution is -3.12. The molecule has 1 heterocycles. The maximum atomic E-state index is 12.6. The summed E-state index contributed by atoms with van der Waals surface area (Å²) < 4.78 is 26.6. The third kappa shape index (κ3) is 3.06. The fourth-order valence-electron chi connectivity index (χ4n) is 2.08. The van der Waals surface area contributed by atoms with E-state index >= 15 is 0 Å². The molecule has 19 heavy (non-hydrogen) atoms. The molecule has 0 bridgehead atoms. The van der Waals surface area contributed by atoms with Crippen molar-refractivity contribution in [1.29, 1.82) is 0 Å². The van der Waals surface area contributed by atoms with Crippen LogP contribution in [0.15, 0.2) is 17.0 Å². The van der Waals surface area contributed by atoms with Crippen LogP contribution in [0.2, 0.25) is 10.0 Å². The van der Waals surface area contributed by atoms with Crippen molar-refractivity contribution in [2.45, 2.75) is 11.8 Å².